The van der Waals surface area contributed by atoms with E-state index >= 15 is 0 Å². The fraction of sp³-hybridized carbons (Fsp3) is 0.400. The fourth-order valence-corrected chi connectivity index (χ4v) is 8.37. The highest BCUT2D eigenvalue weighted by molar-refractivity contribution is 6.25. The first kappa shape index (κ1) is 21.9. The lowest BCUT2D eigenvalue weighted by molar-refractivity contribution is -0.643. The fourth-order valence-electron chi connectivity index (χ4n) is 8.37. The van der Waals surface area contributed by atoms with Crippen LogP contribution >= 0.6 is 0 Å². The first-order valence-electron chi connectivity index (χ1n) is 14.3. The average Bonchev–Trinajstić information content (AvgIpc) is 3.56. The van der Waals surface area contributed by atoms with Crippen LogP contribution in [0.1, 0.15) is 69.1 Å². The largest absolute Gasteiger partial charge is 0.307 e. The maximum Gasteiger partial charge on any atom is 0.224 e. The molecule has 8 rings (SSSR count). The summed E-state index contributed by atoms with van der Waals surface area (Å²) < 4.78 is 5.00. The van der Waals surface area contributed by atoms with Gasteiger partial charge in [-0.05, 0) is 90.0 Å². The third-order valence-corrected chi connectivity index (χ3v) is 9.82. The number of aromatic nitrogens is 2. The minimum atomic E-state index is 0.263. The standard InChI is InChI=1S/C35H37N2/c1-20-6-10-27-26-11-8-22(19-35(2,3)4)16-29(26)37-30-18-25(28-15-21-7-9-23(28)14-21)17-24-12-13-36(5)34(32(24)30)31(20)33(27)37/h6,8,10-13,16-18,21,23,28H,7,9,14-15,19H2,1-5H3/q+1. The summed E-state index contributed by atoms with van der Waals surface area (Å²) in [6.45, 7) is 9.32. The molecule has 37 heavy (non-hydrogen) atoms. The Kier molecular flexibility index (Phi) is 4.29. The van der Waals surface area contributed by atoms with Gasteiger partial charge in [0.05, 0.1) is 27.3 Å². The van der Waals surface area contributed by atoms with Crippen LogP contribution in [0.15, 0.2) is 54.7 Å². The van der Waals surface area contributed by atoms with Gasteiger partial charge in [0.25, 0.3) is 0 Å². The number of aryl methyl sites for hydroxylation is 2. The predicted octanol–water partition coefficient (Wildman–Crippen LogP) is 8.62. The smallest absolute Gasteiger partial charge is 0.224 e. The molecule has 2 nitrogen and oxygen atoms in total. The highest BCUT2D eigenvalue weighted by Gasteiger charge is 2.40. The van der Waals surface area contributed by atoms with Crippen LogP contribution in [0.4, 0.5) is 0 Å². The molecule has 3 aromatic carbocycles. The lowest BCUT2D eigenvalue weighted by Crippen LogP contribution is -2.29. The highest BCUT2D eigenvalue weighted by atomic mass is 15.0. The Morgan fingerprint density at radius 1 is 0.892 bits per heavy atom. The molecule has 2 bridgehead atoms. The molecule has 186 valence electrons. The Balaban J connectivity index is 1.56. The van der Waals surface area contributed by atoms with Crippen LogP contribution in [0.5, 0.6) is 0 Å². The van der Waals surface area contributed by atoms with E-state index in [2.05, 4.69) is 98.4 Å². The quantitative estimate of drug-likeness (QED) is 0.132. The van der Waals surface area contributed by atoms with Crippen molar-refractivity contribution in [1.82, 2.24) is 4.40 Å². The molecule has 0 aliphatic heterocycles. The number of benzene rings is 3. The minimum absolute atomic E-state index is 0.263. The zero-order valence-corrected chi connectivity index (χ0v) is 22.9. The predicted molar refractivity (Wildman–Crippen MR) is 156 cm³/mol. The molecule has 0 saturated heterocycles. The topological polar surface area (TPSA) is 8.29 Å². The molecule has 3 heterocycles. The highest BCUT2D eigenvalue weighted by Crippen LogP contribution is 2.53. The number of hydrogen-bond acceptors (Lipinski definition) is 0. The first-order valence-corrected chi connectivity index (χ1v) is 14.3. The van der Waals surface area contributed by atoms with Gasteiger partial charge in [0.1, 0.15) is 7.05 Å². The van der Waals surface area contributed by atoms with E-state index in [-0.39, 0.29) is 5.41 Å². The van der Waals surface area contributed by atoms with Crippen LogP contribution in [0, 0.1) is 24.2 Å². The van der Waals surface area contributed by atoms with Crippen LogP contribution in [0.25, 0.3) is 49.0 Å². The summed E-state index contributed by atoms with van der Waals surface area (Å²) in [5.41, 5.74) is 10.2. The summed E-state index contributed by atoms with van der Waals surface area (Å²) >= 11 is 0. The second-order valence-electron chi connectivity index (χ2n) is 13.6. The van der Waals surface area contributed by atoms with Gasteiger partial charge in [-0.2, -0.15) is 0 Å². The monoisotopic (exact) mass is 485 g/mol. The van der Waals surface area contributed by atoms with Crippen LogP contribution in [-0.2, 0) is 13.5 Å². The van der Waals surface area contributed by atoms with Gasteiger partial charge in [-0.3, -0.25) is 0 Å². The van der Waals surface area contributed by atoms with Crippen molar-refractivity contribution in [1.29, 1.82) is 0 Å². The normalized spacial score (nSPS) is 22.1. The minimum Gasteiger partial charge on any atom is -0.307 e. The van der Waals surface area contributed by atoms with Gasteiger partial charge >= 0.3 is 0 Å². The molecule has 6 aromatic rings. The molecule has 0 radical (unpaired) electrons. The molecular weight excluding hydrogens is 448 g/mol. The molecule has 3 atom stereocenters. The van der Waals surface area contributed by atoms with Crippen molar-refractivity contribution in [3.05, 3.63) is 71.4 Å². The zero-order chi connectivity index (χ0) is 25.2. The van der Waals surface area contributed by atoms with Crippen LogP contribution < -0.4 is 4.57 Å². The molecule has 2 saturated carbocycles. The number of pyridine rings is 2. The maximum absolute atomic E-state index is 2.64. The van der Waals surface area contributed by atoms with Gasteiger partial charge in [0, 0.05) is 16.8 Å². The molecule has 2 aliphatic rings. The summed E-state index contributed by atoms with van der Waals surface area (Å²) in [7, 11) is 2.22. The van der Waals surface area contributed by atoms with Crippen molar-refractivity contribution in [2.75, 3.05) is 0 Å². The third kappa shape index (κ3) is 3.02. The lowest BCUT2D eigenvalue weighted by atomic mass is 9.82. The Morgan fingerprint density at radius 3 is 2.49 bits per heavy atom. The van der Waals surface area contributed by atoms with E-state index < -0.39 is 0 Å². The molecule has 2 heteroatoms. The average molecular weight is 486 g/mol. The summed E-state index contributed by atoms with van der Waals surface area (Å²) in [6.07, 6.45) is 9.07. The summed E-state index contributed by atoms with van der Waals surface area (Å²) in [4.78, 5) is 0. The summed E-state index contributed by atoms with van der Waals surface area (Å²) in [5.74, 6) is 2.56. The van der Waals surface area contributed by atoms with E-state index in [0.717, 1.165) is 24.2 Å². The summed E-state index contributed by atoms with van der Waals surface area (Å²) in [5, 5.41) is 6.98. The number of nitrogens with zero attached hydrogens (tertiary/aromatic N) is 2. The molecule has 2 aliphatic carbocycles. The lowest BCUT2D eigenvalue weighted by Gasteiger charge is -2.23. The summed E-state index contributed by atoms with van der Waals surface area (Å²) in [6, 6.07) is 19.4. The van der Waals surface area contributed by atoms with Gasteiger partial charge in [0.15, 0.2) is 6.20 Å². The zero-order valence-electron chi connectivity index (χ0n) is 22.9. The van der Waals surface area contributed by atoms with E-state index in [1.807, 2.05) is 0 Å². The van der Waals surface area contributed by atoms with Crippen LogP contribution in [-0.4, -0.2) is 4.40 Å². The molecule has 3 unspecified atom stereocenters. The second kappa shape index (κ2) is 7.25. The SMILES string of the molecule is Cc1ccc2c3ccc(CC(C)(C)C)cc3n3c4cc(C5CC6CCC5C6)cc5cc[n+](C)c(c1c23)c54. The van der Waals surface area contributed by atoms with E-state index in [0.29, 0.717) is 0 Å². The number of rotatable bonds is 2. The van der Waals surface area contributed by atoms with Crippen LogP contribution in [0.2, 0.25) is 0 Å². The van der Waals surface area contributed by atoms with Gasteiger partial charge < -0.3 is 4.40 Å². The molecule has 3 aromatic heterocycles. The van der Waals surface area contributed by atoms with E-state index in [9.17, 15) is 0 Å². The first-order chi connectivity index (χ1) is 17.8. The Morgan fingerprint density at radius 2 is 1.73 bits per heavy atom. The Bertz CT molecular complexity index is 1880. The van der Waals surface area contributed by atoms with E-state index in [4.69, 9.17) is 0 Å². The van der Waals surface area contributed by atoms with Crippen molar-refractivity contribution in [3.63, 3.8) is 0 Å². The number of hydrogen-bond donors (Lipinski definition) is 0. The van der Waals surface area contributed by atoms with E-state index in [1.165, 1.54) is 85.8 Å². The third-order valence-electron chi connectivity index (χ3n) is 9.82. The molecule has 2 fully saturated rings. The van der Waals surface area contributed by atoms with Crippen molar-refractivity contribution in [2.24, 2.45) is 24.3 Å². The molecule has 0 spiro atoms. The van der Waals surface area contributed by atoms with E-state index in [1.54, 1.807) is 5.56 Å². The van der Waals surface area contributed by atoms with Gasteiger partial charge in [-0.15, -0.1) is 0 Å². The van der Waals surface area contributed by atoms with Crippen molar-refractivity contribution in [2.45, 2.75) is 65.7 Å². The Hall–Kier alpha value is -3.13. The van der Waals surface area contributed by atoms with Crippen LogP contribution in [0.3, 0.4) is 0 Å². The van der Waals surface area contributed by atoms with Gasteiger partial charge in [-0.25, -0.2) is 4.57 Å². The molecule has 0 amide bonds. The van der Waals surface area contributed by atoms with Crippen molar-refractivity contribution >= 4 is 49.0 Å². The Labute approximate surface area is 219 Å². The van der Waals surface area contributed by atoms with Crippen molar-refractivity contribution in [3.8, 4) is 0 Å². The number of fused-ring (bicyclic) bond motifs is 7. The maximum atomic E-state index is 2.64. The molecule has 0 N–H and O–H groups in total. The molecular formula is C35H37N2+. The van der Waals surface area contributed by atoms with Gasteiger partial charge in [-0.1, -0.05) is 57.5 Å². The second-order valence-corrected chi connectivity index (χ2v) is 13.6. The van der Waals surface area contributed by atoms with Gasteiger partial charge in [0.2, 0.25) is 5.52 Å². The van der Waals surface area contributed by atoms with Crippen molar-refractivity contribution < 1.29 is 4.57 Å².